The SMILES string of the molecule is COc1ccc(C(c2ccc(OC)cc2)(c2ccc(OC)cc2)N2CCCC2)cc1. The summed E-state index contributed by atoms with van der Waals surface area (Å²) in [6.45, 7) is 2.09. The standard InChI is InChI=1S/C26H29NO3/c1-28-23-12-6-20(7-13-23)26(27-18-4-5-19-27,21-8-14-24(29-2)15-9-21)22-10-16-25(30-3)17-11-22/h6-17H,4-5,18-19H2,1-3H3. The molecule has 4 rings (SSSR count). The van der Waals surface area contributed by atoms with Crippen LogP contribution in [0.4, 0.5) is 0 Å². The first-order chi connectivity index (χ1) is 14.7. The van der Waals surface area contributed by atoms with E-state index in [1.807, 2.05) is 36.4 Å². The van der Waals surface area contributed by atoms with Gasteiger partial charge in [0.2, 0.25) is 0 Å². The van der Waals surface area contributed by atoms with Gasteiger partial charge in [-0.05, 0) is 79.0 Å². The van der Waals surface area contributed by atoms with Crippen molar-refractivity contribution in [3.63, 3.8) is 0 Å². The van der Waals surface area contributed by atoms with Gasteiger partial charge in [-0.1, -0.05) is 36.4 Å². The molecule has 30 heavy (non-hydrogen) atoms. The van der Waals surface area contributed by atoms with E-state index in [-0.39, 0.29) is 0 Å². The van der Waals surface area contributed by atoms with Gasteiger partial charge < -0.3 is 14.2 Å². The topological polar surface area (TPSA) is 30.9 Å². The zero-order valence-corrected chi connectivity index (χ0v) is 17.9. The lowest BCUT2D eigenvalue weighted by Gasteiger charge is -2.44. The summed E-state index contributed by atoms with van der Waals surface area (Å²) in [4.78, 5) is 2.60. The highest BCUT2D eigenvalue weighted by atomic mass is 16.5. The lowest BCUT2D eigenvalue weighted by Crippen LogP contribution is -2.46. The van der Waals surface area contributed by atoms with Crippen molar-refractivity contribution in [2.75, 3.05) is 34.4 Å². The van der Waals surface area contributed by atoms with Crippen LogP contribution in [0.2, 0.25) is 0 Å². The Morgan fingerprint density at radius 3 is 1.10 bits per heavy atom. The van der Waals surface area contributed by atoms with E-state index < -0.39 is 5.54 Å². The number of ether oxygens (including phenoxy) is 3. The van der Waals surface area contributed by atoms with Crippen molar-refractivity contribution in [1.82, 2.24) is 4.90 Å². The Kier molecular flexibility index (Phi) is 5.96. The predicted molar refractivity (Wildman–Crippen MR) is 120 cm³/mol. The minimum absolute atomic E-state index is 0.401. The zero-order chi connectivity index (χ0) is 21.0. The Morgan fingerprint density at radius 1 is 0.533 bits per heavy atom. The third-order valence-electron chi connectivity index (χ3n) is 6.10. The Balaban J connectivity index is 1.97. The van der Waals surface area contributed by atoms with Crippen LogP contribution in [0.25, 0.3) is 0 Å². The largest absolute Gasteiger partial charge is 0.497 e. The van der Waals surface area contributed by atoms with Crippen molar-refractivity contribution in [3.05, 3.63) is 89.5 Å². The van der Waals surface area contributed by atoms with Crippen molar-refractivity contribution >= 4 is 0 Å². The summed E-state index contributed by atoms with van der Waals surface area (Å²) in [7, 11) is 5.11. The van der Waals surface area contributed by atoms with Crippen LogP contribution in [0.1, 0.15) is 29.5 Å². The monoisotopic (exact) mass is 403 g/mol. The van der Waals surface area contributed by atoms with Crippen LogP contribution in [0.3, 0.4) is 0 Å². The minimum Gasteiger partial charge on any atom is -0.497 e. The summed E-state index contributed by atoms with van der Waals surface area (Å²) in [5, 5.41) is 0. The Morgan fingerprint density at radius 2 is 0.833 bits per heavy atom. The molecule has 0 bridgehead atoms. The van der Waals surface area contributed by atoms with Gasteiger partial charge in [0, 0.05) is 0 Å². The molecule has 1 aliphatic rings. The van der Waals surface area contributed by atoms with Gasteiger partial charge in [0.25, 0.3) is 0 Å². The minimum atomic E-state index is -0.401. The molecule has 4 nitrogen and oxygen atoms in total. The lowest BCUT2D eigenvalue weighted by molar-refractivity contribution is 0.198. The van der Waals surface area contributed by atoms with E-state index in [1.165, 1.54) is 29.5 Å². The summed E-state index contributed by atoms with van der Waals surface area (Å²) < 4.78 is 16.3. The molecule has 0 unspecified atom stereocenters. The quantitative estimate of drug-likeness (QED) is 0.514. The molecule has 3 aromatic carbocycles. The first-order valence-electron chi connectivity index (χ1n) is 10.4. The third kappa shape index (κ3) is 3.52. The van der Waals surface area contributed by atoms with Crippen LogP contribution in [0.15, 0.2) is 72.8 Å². The molecule has 4 heteroatoms. The van der Waals surface area contributed by atoms with Gasteiger partial charge in [-0.2, -0.15) is 0 Å². The van der Waals surface area contributed by atoms with Crippen molar-refractivity contribution in [2.24, 2.45) is 0 Å². The zero-order valence-electron chi connectivity index (χ0n) is 17.9. The molecule has 0 N–H and O–H groups in total. The first kappa shape index (κ1) is 20.3. The molecular formula is C26H29NO3. The molecule has 0 atom stereocenters. The molecule has 0 spiro atoms. The number of benzene rings is 3. The second-order valence-electron chi connectivity index (χ2n) is 7.59. The van der Waals surface area contributed by atoms with Gasteiger partial charge in [-0.15, -0.1) is 0 Å². The first-order valence-corrected chi connectivity index (χ1v) is 10.4. The van der Waals surface area contributed by atoms with Crippen LogP contribution in [0.5, 0.6) is 17.2 Å². The van der Waals surface area contributed by atoms with E-state index >= 15 is 0 Å². The van der Waals surface area contributed by atoms with Crippen molar-refractivity contribution in [2.45, 2.75) is 18.4 Å². The molecule has 156 valence electrons. The summed E-state index contributed by atoms with van der Waals surface area (Å²) >= 11 is 0. The molecular weight excluding hydrogens is 374 g/mol. The second kappa shape index (κ2) is 8.80. The Bertz CT molecular complexity index is 827. The number of hydrogen-bond donors (Lipinski definition) is 0. The lowest BCUT2D eigenvalue weighted by atomic mass is 9.75. The van der Waals surface area contributed by atoms with Gasteiger partial charge in [0.15, 0.2) is 0 Å². The highest BCUT2D eigenvalue weighted by Gasteiger charge is 2.43. The molecule has 0 aromatic heterocycles. The van der Waals surface area contributed by atoms with Crippen molar-refractivity contribution < 1.29 is 14.2 Å². The molecule has 0 amide bonds. The summed E-state index contributed by atoms with van der Waals surface area (Å²) in [6.07, 6.45) is 2.40. The number of likely N-dealkylation sites (tertiary alicyclic amines) is 1. The fourth-order valence-corrected chi connectivity index (χ4v) is 4.60. The van der Waals surface area contributed by atoms with Crippen LogP contribution >= 0.6 is 0 Å². The van der Waals surface area contributed by atoms with Crippen LogP contribution < -0.4 is 14.2 Å². The van der Waals surface area contributed by atoms with Crippen molar-refractivity contribution in [3.8, 4) is 17.2 Å². The maximum Gasteiger partial charge on any atom is 0.118 e. The summed E-state index contributed by atoms with van der Waals surface area (Å²) in [6, 6.07) is 25.4. The molecule has 0 aliphatic carbocycles. The highest BCUT2D eigenvalue weighted by Crippen LogP contribution is 2.45. The predicted octanol–water partition coefficient (Wildman–Crippen LogP) is 5.10. The van der Waals surface area contributed by atoms with Gasteiger partial charge in [-0.3, -0.25) is 4.90 Å². The fraction of sp³-hybridized carbons (Fsp3) is 0.308. The van der Waals surface area contributed by atoms with Gasteiger partial charge in [0.05, 0.1) is 26.9 Å². The number of methoxy groups -OCH3 is 3. The molecule has 1 fully saturated rings. The Hall–Kier alpha value is -2.98. The second-order valence-corrected chi connectivity index (χ2v) is 7.59. The van der Waals surface area contributed by atoms with Crippen molar-refractivity contribution in [1.29, 1.82) is 0 Å². The molecule has 3 aromatic rings. The molecule has 1 saturated heterocycles. The maximum atomic E-state index is 5.43. The third-order valence-corrected chi connectivity index (χ3v) is 6.10. The van der Waals surface area contributed by atoms with E-state index in [2.05, 4.69) is 41.3 Å². The summed E-state index contributed by atoms with van der Waals surface area (Å²) in [5.41, 5.74) is 3.27. The van der Waals surface area contributed by atoms with Crippen LogP contribution in [-0.4, -0.2) is 39.3 Å². The molecule has 0 saturated carbocycles. The van der Waals surface area contributed by atoms with E-state index in [0.717, 1.165) is 30.3 Å². The van der Waals surface area contributed by atoms with Gasteiger partial charge >= 0.3 is 0 Å². The van der Waals surface area contributed by atoms with Gasteiger partial charge in [-0.25, -0.2) is 0 Å². The smallest absolute Gasteiger partial charge is 0.118 e. The van der Waals surface area contributed by atoms with E-state index in [0.29, 0.717) is 0 Å². The van der Waals surface area contributed by atoms with E-state index in [4.69, 9.17) is 14.2 Å². The van der Waals surface area contributed by atoms with E-state index in [1.54, 1.807) is 21.3 Å². The van der Waals surface area contributed by atoms with E-state index in [9.17, 15) is 0 Å². The number of nitrogens with zero attached hydrogens (tertiary/aromatic N) is 1. The van der Waals surface area contributed by atoms with Gasteiger partial charge in [0.1, 0.15) is 17.2 Å². The van der Waals surface area contributed by atoms with Crippen LogP contribution in [-0.2, 0) is 5.54 Å². The summed E-state index contributed by atoms with van der Waals surface area (Å²) in [5.74, 6) is 2.58. The molecule has 0 radical (unpaired) electrons. The maximum absolute atomic E-state index is 5.43. The average Bonchev–Trinajstić information content (AvgIpc) is 3.36. The Labute approximate surface area is 179 Å². The number of rotatable bonds is 7. The number of hydrogen-bond acceptors (Lipinski definition) is 4. The normalized spacial score (nSPS) is 14.5. The fourth-order valence-electron chi connectivity index (χ4n) is 4.60. The average molecular weight is 404 g/mol. The molecule has 1 heterocycles. The highest BCUT2D eigenvalue weighted by molar-refractivity contribution is 5.52. The molecule has 1 aliphatic heterocycles. The van der Waals surface area contributed by atoms with Crippen LogP contribution in [0, 0.1) is 0 Å².